The summed E-state index contributed by atoms with van der Waals surface area (Å²) in [6, 6.07) is 2.25. The minimum absolute atomic E-state index is 0.00728. The molecule has 0 aromatic heterocycles. The third kappa shape index (κ3) is 4.98. The third-order valence-corrected chi connectivity index (χ3v) is 4.41. The van der Waals surface area contributed by atoms with Crippen molar-refractivity contribution in [2.45, 2.75) is 31.6 Å². The van der Waals surface area contributed by atoms with Crippen LogP contribution in [0.4, 0.5) is 10.1 Å². The molecule has 0 fully saturated rings. The summed E-state index contributed by atoms with van der Waals surface area (Å²) in [5.74, 6) is -0.925. The summed E-state index contributed by atoms with van der Waals surface area (Å²) in [5, 5.41) is 2.63. The Bertz CT molecular complexity index is 617. The summed E-state index contributed by atoms with van der Waals surface area (Å²) in [6.45, 7) is 3.76. The molecular weight excluding hydrogens is 297 g/mol. The summed E-state index contributed by atoms with van der Waals surface area (Å²) in [7, 11) is -3.90. The first-order valence-corrected chi connectivity index (χ1v) is 8.08. The smallest absolute Gasteiger partial charge is 0.241 e. The lowest BCUT2D eigenvalue weighted by atomic mass is 10.2. The number of amides is 1. The predicted octanol–water partition coefficient (Wildman–Crippen LogP) is 0.911. The largest absolute Gasteiger partial charge is 0.399 e. The number of nitrogens with one attached hydrogen (secondary N) is 2. The molecule has 1 amide bonds. The van der Waals surface area contributed by atoms with Crippen molar-refractivity contribution in [3.8, 4) is 0 Å². The first-order valence-electron chi connectivity index (χ1n) is 6.60. The van der Waals surface area contributed by atoms with E-state index >= 15 is 0 Å². The predicted molar refractivity (Wildman–Crippen MR) is 78.7 cm³/mol. The van der Waals surface area contributed by atoms with Crippen LogP contribution < -0.4 is 15.8 Å². The van der Waals surface area contributed by atoms with Gasteiger partial charge in [0.15, 0.2) is 0 Å². The summed E-state index contributed by atoms with van der Waals surface area (Å²) < 4.78 is 40.0. The molecule has 0 heterocycles. The Morgan fingerprint density at radius 2 is 2.00 bits per heavy atom. The van der Waals surface area contributed by atoms with Gasteiger partial charge in [0.25, 0.3) is 0 Å². The number of nitrogen functional groups attached to an aromatic ring is 1. The lowest BCUT2D eigenvalue weighted by Crippen LogP contribution is -2.31. The van der Waals surface area contributed by atoms with Gasteiger partial charge in [0.05, 0.1) is 4.90 Å². The second-order valence-corrected chi connectivity index (χ2v) is 6.36. The van der Waals surface area contributed by atoms with Gasteiger partial charge < -0.3 is 11.1 Å². The molecule has 0 spiro atoms. The molecule has 0 atom stereocenters. The number of rotatable bonds is 7. The molecule has 0 saturated heterocycles. The number of nitrogens with two attached hydrogens (primary N) is 1. The second kappa shape index (κ2) is 7.37. The van der Waals surface area contributed by atoms with Crippen LogP contribution in [-0.2, 0) is 14.8 Å². The van der Waals surface area contributed by atoms with Crippen LogP contribution in [0.3, 0.4) is 0 Å². The third-order valence-electron chi connectivity index (χ3n) is 2.82. The summed E-state index contributed by atoms with van der Waals surface area (Å²) in [4.78, 5) is 11.2. The molecule has 21 heavy (non-hydrogen) atoms. The first kappa shape index (κ1) is 17.4. The van der Waals surface area contributed by atoms with Gasteiger partial charge in [-0.15, -0.1) is 0 Å². The molecule has 4 N–H and O–H groups in total. The molecule has 0 unspecified atom stereocenters. The maximum atomic E-state index is 13.5. The van der Waals surface area contributed by atoms with Gasteiger partial charge in [0.2, 0.25) is 15.9 Å². The zero-order valence-corrected chi connectivity index (χ0v) is 12.9. The van der Waals surface area contributed by atoms with E-state index in [0.29, 0.717) is 6.54 Å². The maximum Gasteiger partial charge on any atom is 0.241 e. The Labute approximate surface area is 124 Å². The van der Waals surface area contributed by atoms with Gasteiger partial charge in [-0.1, -0.05) is 6.92 Å². The minimum Gasteiger partial charge on any atom is -0.399 e. The van der Waals surface area contributed by atoms with Gasteiger partial charge >= 0.3 is 0 Å². The Balaban J connectivity index is 2.73. The van der Waals surface area contributed by atoms with Crippen LogP contribution in [0.1, 0.15) is 25.3 Å². The van der Waals surface area contributed by atoms with Crippen LogP contribution in [-0.4, -0.2) is 27.4 Å². The lowest BCUT2D eigenvalue weighted by Gasteiger charge is -2.11. The number of sulfonamides is 1. The highest BCUT2D eigenvalue weighted by Crippen LogP contribution is 2.21. The van der Waals surface area contributed by atoms with Crippen molar-refractivity contribution in [1.29, 1.82) is 0 Å². The van der Waals surface area contributed by atoms with Crippen molar-refractivity contribution >= 4 is 21.6 Å². The molecule has 1 aromatic rings. The molecule has 6 nitrogen and oxygen atoms in total. The molecule has 1 aromatic carbocycles. The van der Waals surface area contributed by atoms with E-state index in [2.05, 4.69) is 10.0 Å². The fourth-order valence-corrected chi connectivity index (χ4v) is 3.00. The number of halogens is 1. The van der Waals surface area contributed by atoms with Gasteiger partial charge in [-0.25, -0.2) is 17.5 Å². The van der Waals surface area contributed by atoms with Gasteiger partial charge in [-0.05, 0) is 25.5 Å². The van der Waals surface area contributed by atoms with Crippen molar-refractivity contribution in [2.24, 2.45) is 0 Å². The molecule has 0 radical (unpaired) electrons. The van der Waals surface area contributed by atoms with Gasteiger partial charge in [-0.3, -0.25) is 4.79 Å². The molecular formula is C13H20FN3O3S. The summed E-state index contributed by atoms with van der Waals surface area (Å²) in [5.41, 5.74) is 5.48. The maximum absolute atomic E-state index is 13.5. The van der Waals surface area contributed by atoms with E-state index in [1.165, 1.54) is 13.0 Å². The number of carbonyl (C=O) groups is 1. The number of benzene rings is 1. The van der Waals surface area contributed by atoms with Crippen LogP contribution in [0.25, 0.3) is 0 Å². The van der Waals surface area contributed by atoms with E-state index in [0.717, 1.165) is 12.5 Å². The van der Waals surface area contributed by atoms with Crippen molar-refractivity contribution in [3.05, 3.63) is 23.5 Å². The van der Waals surface area contributed by atoms with Crippen LogP contribution in [0, 0.1) is 12.7 Å². The Hall–Kier alpha value is -1.67. The van der Waals surface area contributed by atoms with Crippen molar-refractivity contribution in [3.63, 3.8) is 0 Å². The number of carbonyl (C=O) groups excluding carboxylic acids is 1. The highest BCUT2D eigenvalue weighted by Gasteiger charge is 2.19. The standard InChI is InChI=1S/C13H20FN3O3S/c1-3-5-16-13(18)4-6-17-21(19,20)12-8-10(15)7-11(14)9(12)2/h7-8,17H,3-6,15H2,1-2H3,(H,16,18). The molecule has 8 heteroatoms. The SMILES string of the molecule is CCCNC(=O)CCNS(=O)(=O)c1cc(N)cc(F)c1C. The topological polar surface area (TPSA) is 101 Å². The molecule has 0 saturated carbocycles. The van der Waals surface area contributed by atoms with Gasteiger partial charge in [-0.2, -0.15) is 0 Å². The first-order chi connectivity index (χ1) is 9.77. The number of hydrogen-bond acceptors (Lipinski definition) is 4. The van der Waals surface area contributed by atoms with Crippen LogP contribution >= 0.6 is 0 Å². The highest BCUT2D eigenvalue weighted by atomic mass is 32.2. The zero-order valence-electron chi connectivity index (χ0n) is 12.1. The fraction of sp³-hybridized carbons (Fsp3) is 0.462. The summed E-state index contributed by atoms with van der Waals surface area (Å²) in [6.07, 6.45) is 0.822. The fourth-order valence-electron chi connectivity index (χ4n) is 1.68. The summed E-state index contributed by atoms with van der Waals surface area (Å²) >= 11 is 0. The second-order valence-electron chi connectivity index (χ2n) is 4.62. The molecule has 118 valence electrons. The Morgan fingerprint density at radius 1 is 1.33 bits per heavy atom. The van der Waals surface area contributed by atoms with Gasteiger partial charge in [0.1, 0.15) is 5.82 Å². The van der Waals surface area contributed by atoms with E-state index < -0.39 is 15.8 Å². The molecule has 0 aliphatic rings. The minimum atomic E-state index is -3.90. The average Bonchev–Trinajstić information content (AvgIpc) is 2.40. The van der Waals surface area contributed by atoms with Crippen molar-refractivity contribution in [1.82, 2.24) is 10.0 Å². The van der Waals surface area contributed by atoms with E-state index in [4.69, 9.17) is 5.73 Å². The Morgan fingerprint density at radius 3 is 2.62 bits per heavy atom. The van der Waals surface area contributed by atoms with E-state index in [-0.39, 0.29) is 35.0 Å². The molecule has 0 aliphatic carbocycles. The van der Waals surface area contributed by atoms with Crippen LogP contribution in [0.15, 0.2) is 17.0 Å². The van der Waals surface area contributed by atoms with E-state index in [1.54, 1.807) is 0 Å². The lowest BCUT2D eigenvalue weighted by molar-refractivity contribution is -0.120. The number of anilines is 1. The van der Waals surface area contributed by atoms with Crippen LogP contribution in [0.2, 0.25) is 0 Å². The monoisotopic (exact) mass is 317 g/mol. The molecule has 0 bridgehead atoms. The van der Waals surface area contributed by atoms with E-state index in [1.807, 2.05) is 6.92 Å². The molecule has 0 aliphatic heterocycles. The van der Waals surface area contributed by atoms with Crippen LogP contribution in [0.5, 0.6) is 0 Å². The Kier molecular flexibility index (Phi) is 6.10. The highest BCUT2D eigenvalue weighted by molar-refractivity contribution is 7.89. The van der Waals surface area contributed by atoms with Crippen molar-refractivity contribution < 1.29 is 17.6 Å². The molecule has 1 rings (SSSR count). The van der Waals surface area contributed by atoms with Crippen molar-refractivity contribution in [2.75, 3.05) is 18.8 Å². The zero-order chi connectivity index (χ0) is 16.0. The number of hydrogen-bond donors (Lipinski definition) is 3. The normalized spacial score (nSPS) is 11.4. The average molecular weight is 317 g/mol. The quantitative estimate of drug-likeness (QED) is 0.651. The van der Waals surface area contributed by atoms with Gasteiger partial charge in [0, 0.05) is 30.8 Å². The van der Waals surface area contributed by atoms with E-state index in [9.17, 15) is 17.6 Å².